The standard InChI is InChI=1S/C14H19BrO3/c1-16-13-3-2-12(9-15)8-14(13)18-10-11-4-6-17-7-5-11/h2-3,8,11H,4-7,9-10H2,1H3. The second-order valence-corrected chi connectivity index (χ2v) is 5.05. The minimum Gasteiger partial charge on any atom is -0.493 e. The Balaban J connectivity index is 1.97. The summed E-state index contributed by atoms with van der Waals surface area (Å²) in [4.78, 5) is 0. The van der Waals surface area contributed by atoms with Crippen LogP contribution in [0.25, 0.3) is 0 Å². The van der Waals surface area contributed by atoms with Gasteiger partial charge in [0.15, 0.2) is 11.5 Å². The van der Waals surface area contributed by atoms with E-state index in [2.05, 4.69) is 15.9 Å². The molecular formula is C14H19BrO3. The van der Waals surface area contributed by atoms with Crippen LogP contribution in [-0.2, 0) is 10.1 Å². The van der Waals surface area contributed by atoms with E-state index in [4.69, 9.17) is 14.2 Å². The van der Waals surface area contributed by atoms with E-state index in [1.807, 2.05) is 18.2 Å². The van der Waals surface area contributed by atoms with Gasteiger partial charge in [0.25, 0.3) is 0 Å². The molecule has 0 amide bonds. The fourth-order valence-corrected chi connectivity index (χ4v) is 2.39. The first-order valence-electron chi connectivity index (χ1n) is 6.27. The molecule has 1 aliphatic rings. The Hall–Kier alpha value is -0.740. The average Bonchev–Trinajstić information content (AvgIpc) is 2.45. The molecule has 1 heterocycles. The maximum atomic E-state index is 5.91. The third kappa shape index (κ3) is 3.62. The summed E-state index contributed by atoms with van der Waals surface area (Å²) in [6.07, 6.45) is 2.17. The monoisotopic (exact) mass is 314 g/mol. The first-order chi connectivity index (χ1) is 8.83. The zero-order valence-corrected chi connectivity index (χ0v) is 12.2. The molecule has 3 nitrogen and oxygen atoms in total. The number of halogens is 1. The van der Waals surface area contributed by atoms with Gasteiger partial charge in [-0.05, 0) is 36.5 Å². The molecule has 0 atom stereocenters. The summed E-state index contributed by atoms with van der Waals surface area (Å²) < 4.78 is 16.6. The number of ether oxygens (including phenoxy) is 3. The van der Waals surface area contributed by atoms with Crippen molar-refractivity contribution in [2.75, 3.05) is 26.9 Å². The van der Waals surface area contributed by atoms with Gasteiger partial charge in [0.05, 0.1) is 13.7 Å². The van der Waals surface area contributed by atoms with E-state index in [1.54, 1.807) is 7.11 Å². The lowest BCUT2D eigenvalue weighted by Gasteiger charge is -2.22. The van der Waals surface area contributed by atoms with Crippen LogP contribution in [-0.4, -0.2) is 26.9 Å². The predicted octanol–water partition coefficient (Wildman–Crippen LogP) is 3.40. The molecule has 0 N–H and O–H groups in total. The van der Waals surface area contributed by atoms with Crippen molar-refractivity contribution in [3.05, 3.63) is 23.8 Å². The van der Waals surface area contributed by atoms with Gasteiger partial charge in [-0.15, -0.1) is 0 Å². The fraction of sp³-hybridized carbons (Fsp3) is 0.571. The van der Waals surface area contributed by atoms with Crippen LogP contribution in [0.5, 0.6) is 11.5 Å². The van der Waals surface area contributed by atoms with Gasteiger partial charge < -0.3 is 14.2 Å². The van der Waals surface area contributed by atoms with Crippen LogP contribution in [0.2, 0.25) is 0 Å². The van der Waals surface area contributed by atoms with Crippen LogP contribution < -0.4 is 9.47 Å². The Kier molecular flexibility index (Phi) is 5.32. The second kappa shape index (κ2) is 7.00. The predicted molar refractivity (Wildman–Crippen MR) is 74.7 cm³/mol. The maximum absolute atomic E-state index is 5.91. The lowest BCUT2D eigenvalue weighted by atomic mass is 10.0. The van der Waals surface area contributed by atoms with E-state index >= 15 is 0 Å². The van der Waals surface area contributed by atoms with Crippen molar-refractivity contribution in [3.63, 3.8) is 0 Å². The summed E-state index contributed by atoms with van der Waals surface area (Å²) in [5.41, 5.74) is 1.19. The molecule has 100 valence electrons. The number of benzene rings is 1. The van der Waals surface area contributed by atoms with E-state index in [0.29, 0.717) is 5.92 Å². The van der Waals surface area contributed by atoms with Gasteiger partial charge in [0.1, 0.15) is 0 Å². The molecule has 2 rings (SSSR count). The average molecular weight is 315 g/mol. The highest BCUT2D eigenvalue weighted by Crippen LogP contribution is 2.30. The molecule has 0 radical (unpaired) electrons. The first-order valence-corrected chi connectivity index (χ1v) is 7.39. The number of alkyl halides is 1. The van der Waals surface area contributed by atoms with Crippen molar-refractivity contribution in [1.82, 2.24) is 0 Å². The van der Waals surface area contributed by atoms with Crippen LogP contribution in [0.15, 0.2) is 18.2 Å². The van der Waals surface area contributed by atoms with Crippen LogP contribution in [0.3, 0.4) is 0 Å². The number of hydrogen-bond acceptors (Lipinski definition) is 3. The summed E-state index contributed by atoms with van der Waals surface area (Å²) in [5, 5.41) is 0.824. The summed E-state index contributed by atoms with van der Waals surface area (Å²) in [5.74, 6) is 2.23. The number of methoxy groups -OCH3 is 1. The van der Waals surface area contributed by atoms with Crippen molar-refractivity contribution in [1.29, 1.82) is 0 Å². The second-order valence-electron chi connectivity index (χ2n) is 4.49. The molecular weight excluding hydrogens is 296 g/mol. The minimum atomic E-state index is 0.594. The molecule has 1 aromatic carbocycles. The van der Waals surface area contributed by atoms with Crippen LogP contribution in [0, 0.1) is 5.92 Å². The van der Waals surface area contributed by atoms with E-state index in [-0.39, 0.29) is 0 Å². The van der Waals surface area contributed by atoms with Gasteiger partial charge in [-0.25, -0.2) is 0 Å². The van der Waals surface area contributed by atoms with Gasteiger partial charge in [0, 0.05) is 18.5 Å². The van der Waals surface area contributed by atoms with Crippen molar-refractivity contribution in [2.24, 2.45) is 5.92 Å². The zero-order chi connectivity index (χ0) is 12.8. The lowest BCUT2D eigenvalue weighted by Crippen LogP contribution is -2.21. The summed E-state index contributed by atoms with van der Waals surface area (Å²) in [6.45, 7) is 2.45. The fourth-order valence-electron chi connectivity index (χ4n) is 2.04. The smallest absolute Gasteiger partial charge is 0.161 e. The quantitative estimate of drug-likeness (QED) is 0.780. The third-order valence-corrected chi connectivity index (χ3v) is 3.85. The van der Waals surface area contributed by atoms with Crippen molar-refractivity contribution >= 4 is 15.9 Å². The SMILES string of the molecule is COc1ccc(CBr)cc1OCC1CCOCC1. The van der Waals surface area contributed by atoms with E-state index in [9.17, 15) is 0 Å². The van der Waals surface area contributed by atoms with Crippen LogP contribution in [0.1, 0.15) is 18.4 Å². The van der Waals surface area contributed by atoms with E-state index in [0.717, 1.165) is 49.5 Å². The molecule has 0 aliphatic carbocycles. The van der Waals surface area contributed by atoms with Crippen LogP contribution in [0.4, 0.5) is 0 Å². The van der Waals surface area contributed by atoms with Gasteiger partial charge in [0.2, 0.25) is 0 Å². The molecule has 4 heteroatoms. The van der Waals surface area contributed by atoms with Crippen LogP contribution >= 0.6 is 15.9 Å². The Morgan fingerprint density at radius 1 is 1.28 bits per heavy atom. The molecule has 0 unspecified atom stereocenters. The van der Waals surface area contributed by atoms with Gasteiger partial charge in [-0.1, -0.05) is 22.0 Å². The Labute approximate surface area is 117 Å². The molecule has 0 bridgehead atoms. The molecule has 0 aromatic heterocycles. The molecule has 0 saturated carbocycles. The van der Waals surface area contributed by atoms with Gasteiger partial charge in [-0.2, -0.15) is 0 Å². The summed E-state index contributed by atoms with van der Waals surface area (Å²) in [6, 6.07) is 6.03. The highest BCUT2D eigenvalue weighted by atomic mass is 79.9. The Morgan fingerprint density at radius 3 is 2.72 bits per heavy atom. The third-order valence-electron chi connectivity index (χ3n) is 3.20. The largest absolute Gasteiger partial charge is 0.493 e. The lowest BCUT2D eigenvalue weighted by molar-refractivity contribution is 0.0493. The molecule has 18 heavy (non-hydrogen) atoms. The first kappa shape index (κ1) is 13.7. The van der Waals surface area contributed by atoms with E-state index in [1.165, 1.54) is 5.56 Å². The van der Waals surface area contributed by atoms with Crippen molar-refractivity contribution < 1.29 is 14.2 Å². The highest BCUT2D eigenvalue weighted by molar-refractivity contribution is 9.08. The Bertz CT molecular complexity index is 375. The normalized spacial score (nSPS) is 16.6. The Morgan fingerprint density at radius 2 is 2.06 bits per heavy atom. The van der Waals surface area contributed by atoms with Crippen molar-refractivity contribution in [3.8, 4) is 11.5 Å². The summed E-state index contributed by atoms with van der Waals surface area (Å²) in [7, 11) is 1.67. The summed E-state index contributed by atoms with van der Waals surface area (Å²) >= 11 is 3.45. The molecule has 1 saturated heterocycles. The molecule has 1 fully saturated rings. The molecule has 0 spiro atoms. The topological polar surface area (TPSA) is 27.7 Å². The molecule has 1 aliphatic heterocycles. The minimum absolute atomic E-state index is 0.594. The maximum Gasteiger partial charge on any atom is 0.161 e. The highest BCUT2D eigenvalue weighted by Gasteiger charge is 2.15. The van der Waals surface area contributed by atoms with Gasteiger partial charge in [-0.3, -0.25) is 0 Å². The number of hydrogen-bond donors (Lipinski definition) is 0. The van der Waals surface area contributed by atoms with E-state index < -0.39 is 0 Å². The molecule has 1 aromatic rings. The zero-order valence-electron chi connectivity index (χ0n) is 10.7. The van der Waals surface area contributed by atoms with Crippen molar-refractivity contribution in [2.45, 2.75) is 18.2 Å². The van der Waals surface area contributed by atoms with Gasteiger partial charge >= 0.3 is 0 Å². The number of rotatable bonds is 5.